The van der Waals surface area contributed by atoms with E-state index in [1.165, 1.54) is 0 Å². The quantitative estimate of drug-likeness (QED) is 0.516. The van der Waals surface area contributed by atoms with Gasteiger partial charge < -0.3 is 20.3 Å². The van der Waals surface area contributed by atoms with Crippen LogP contribution < -0.4 is 20.3 Å². The molecule has 1 aliphatic rings. The van der Waals surface area contributed by atoms with E-state index >= 15 is 0 Å². The highest BCUT2D eigenvalue weighted by Gasteiger charge is 2.34. The van der Waals surface area contributed by atoms with Crippen LogP contribution in [-0.2, 0) is 9.59 Å². The van der Waals surface area contributed by atoms with Gasteiger partial charge in [-0.25, -0.2) is 14.6 Å². The van der Waals surface area contributed by atoms with Crippen molar-refractivity contribution >= 4 is 23.3 Å². The van der Waals surface area contributed by atoms with Gasteiger partial charge in [0.1, 0.15) is 17.4 Å². The van der Waals surface area contributed by atoms with Crippen LogP contribution in [0.3, 0.4) is 0 Å². The molecule has 2 amide bonds. The van der Waals surface area contributed by atoms with Crippen molar-refractivity contribution in [2.45, 2.75) is 13.3 Å². The van der Waals surface area contributed by atoms with Crippen molar-refractivity contribution < 1.29 is 14.3 Å². The summed E-state index contributed by atoms with van der Waals surface area (Å²) in [5.74, 6) is 2.09. The standard InChI is InChI=1S/C22H25N7O3/c1-15-26-19(13-20(27-15)29-11-3-8-25-29)23-9-10-24-22(31)16-12-21(30)28(14-16)17-4-6-18(32-2)7-5-17/h3-8,11,13,16H,9-10,12,14H2,1-2H3,(H,24,31)(H,23,26,27)/t16-/m0/s1. The number of nitrogens with zero attached hydrogens (tertiary/aromatic N) is 5. The second kappa shape index (κ2) is 9.46. The molecule has 3 heterocycles. The molecule has 1 saturated heterocycles. The van der Waals surface area contributed by atoms with Crippen LogP contribution in [0.5, 0.6) is 5.75 Å². The van der Waals surface area contributed by atoms with Crippen molar-refractivity contribution in [1.82, 2.24) is 25.1 Å². The maximum Gasteiger partial charge on any atom is 0.227 e. The van der Waals surface area contributed by atoms with Crippen LogP contribution in [0, 0.1) is 12.8 Å². The summed E-state index contributed by atoms with van der Waals surface area (Å²) in [6.07, 6.45) is 3.69. The summed E-state index contributed by atoms with van der Waals surface area (Å²) in [6, 6.07) is 10.9. The largest absolute Gasteiger partial charge is 0.497 e. The molecule has 2 aromatic heterocycles. The minimum Gasteiger partial charge on any atom is -0.497 e. The summed E-state index contributed by atoms with van der Waals surface area (Å²) in [5.41, 5.74) is 0.764. The normalized spacial score (nSPS) is 15.6. The van der Waals surface area contributed by atoms with E-state index < -0.39 is 0 Å². The second-order valence-corrected chi connectivity index (χ2v) is 7.43. The molecule has 2 N–H and O–H groups in total. The van der Waals surface area contributed by atoms with E-state index in [0.717, 1.165) is 11.4 Å². The molecule has 1 fully saturated rings. The van der Waals surface area contributed by atoms with Crippen molar-refractivity contribution in [3.63, 3.8) is 0 Å². The topological polar surface area (TPSA) is 114 Å². The van der Waals surface area contributed by atoms with Gasteiger partial charge in [-0.15, -0.1) is 0 Å². The number of methoxy groups -OCH3 is 1. The van der Waals surface area contributed by atoms with Crippen LogP contribution in [0.4, 0.5) is 11.5 Å². The first-order valence-corrected chi connectivity index (χ1v) is 10.3. The Morgan fingerprint density at radius 1 is 1.22 bits per heavy atom. The second-order valence-electron chi connectivity index (χ2n) is 7.43. The first-order valence-electron chi connectivity index (χ1n) is 10.3. The number of ether oxygens (including phenoxy) is 1. The van der Waals surface area contributed by atoms with Gasteiger partial charge >= 0.3 is 0 Å². The van der Waals surface area contributed by atoms with Crippen molar-refractivity contribution in [3.05, 3.63) is 54.6 Å². The maximum atomic E-state index is 12.6. The molecule has 1 atom stereocenters. The fourth-order valence-electron chi connectivity index (χ4n) is 3.58. The Kier molecular flexibility index (Phi) is 6.29. The van der Waals surface area contributed by atoms with Crippen LogP contribution in [0.1, 0.15) is 12.2 Å². The van der Waals surface area contributed by atoms with E-state index in [1.54, 1.807) is 41.1 Å². The number of carbonyl (C=O) groups excluding carboxylic acids is 2. The minimum absolute atomic E-state index is 0.0592. The number of hydrogen-bond donors (Lipinski definition) is 2. The molecule has 4 rings (SSSR count). The molecule has 10 heteroatoms. The third-order valence-corrected chi connectivity index (χ3v) is 5.17. The fraction of sp³-hybridized carbons (Fsp3) is 0.318. The van der Waals surface area contributed by atoms with Crippen LogP contribution in [0.15, 0.2) is 48.8 Å². The van der Waals surface area contributed by atoms with Gasteiger partial charge in [-0.3, -0.25) is 9.59 Å². The molecule has 0 spiro atoms. The highest BCUT2D eigenvalue weighted by atomic mass is 16.5. The lowest BCUT2D eigenvalue weighted by molar-refractivity contribution is -0.126. The molecular formula is C22H25N7O3. The summed E-state index contributed by atoms with van der Waals surface area (Å²) in [6.45, 7) is 3.07. The van der Waals surface area contributed by atoms with Gasteiger partial charge in [-0.1, -0.05) is 0 Å². The molecule has 0 aliphatic carbocycles. The molecule has 1 aliphatic heterocycles. The number of benzene rings is 1. The number of rotatable bonds is 8. The van der Waals surface area contributed by atoms with E-state index in [1.807, 2.05) is 31.3 Å². The summed E-state index contributed by atoms with van der Waals surface area (Å²) in [7, 11) is 1.59. The summed E-state index contributed by atoms with van der Waals surface area (Å²) in [4.78, 5) is 35.3. The van der Waals surface area contributed by atoms with E-state index in [4.69, 9.17) is 4.74 Å². The Morgan fingerprint density at radius 2 is 2.03 bits per heavy atom. The number of amides is 2. The number of hydrogen-bond acceptors (Lipinski definition) is 7. The Bertz CT molecular complexity index is 1080. The zero-order chi connectivity index (χ0) is 22.5. The Labute approximate surface area is 185 Å². The predicted octanol–water partition coefficient (Wildman–Crippen LogP) is 1.56. The molecule has 0 bridgehead atoms. The first kappa shape index (κ1) is 21.3. The highest BCUT2D eigenvalue weighted by Crippen LogP contribution is 2.26. The summed E-state index contributed by atoms with van der Waals surface area (Å²) in [5, 5.41) is 10.3. The smallest absolute Gasteiger partial charge is 0.227 e. The fourth-order valence-corrected chi connectivity index (χ4v) is 3.58. The molecule has 10 nitrogen and oxygen atoms in total. The van der Waals surface area contributed by atoms with Crippen LogP contribution in [0.2, 0.25) is 0 Å². The number of nitrogens with one attached hydrogen (secondary N) is 2. The molecule has 166 valence electrons. The SMILES string of the molecule is COc1ccc(N2C[C@@H](C(=O)NCCNc3cc(-n4cccn4)nc(C)n3)CC2=O)cc1. The van der Waals surface area contributed by atoms with Crippen LogP contribution in [-0.4, -0.2) is 58.3 Å². The molecule has 0 radical (unpaired) electrons. The van der Waals surface area contributed by atoms with E-state index in [9.17, 15) is 9.59 Å². The Hall–Kier alpha value is -3.95. The van der Waals surface area contributed by atoms with Crippen molar-refractivity contribution in [3.8, 4) is 11.6 Å². The lowest BCUT2D eigenvalue weighted by Crippen LogP contribution is -2.35. The molecule has 3 aromatic rings. The summed E-state index contributed by atoms with van der Waals surface area (Å²) >= 11 is 0. The van der Waals surface area contributed by atoms with Gasteiger partial charge in [-0.2, -0.15) is 5.10 Å². The van der Waals surface area contributed by atoms with Gasteiger partial charge in [0, 0.05) is 50.2 Å². The van der Waals surface area contributed by atoms with Gasteiger partial charge in [0.15, 0.2) is 5.82 Å². The zero-order valence-electron chi connectivity index (χ0n) is 18.0. The number of aromatic nitrogens is 4. The van der Waals surface area contributed by atoms with Crippen molar-refractivity contribution in [2.75, 3.05) is 37.0 Å². The molecule has 0 unspecified atom stereocenters. The number of carbonyl (C=O) groups is 2. The molecule has 32 heavy (non-hydrogen) atoms. The Balaban J connectivity index is 1.27. The third kappa shape index (κ3) is 4.85. The maximum absolute atomic E-state index is 12.6. The van der Waals surface area contributed by atoms with E-state index in [-0.39, 0.29) is 24.2 Å². The molecule has 0 saturated carbocycles. The third-order valence-electron chi connectivity index (χ3n) is 5.17. The summed E-state index contributed by atoms with van der Waals surface area (Å²) < 4.78 is 6.81. The lowest BCUT2D eigenvalue weighted by atomic mass is 10.1. The zero-order valence-corrected chi connectivity index (χ0v) is 18.0. The van der Waals surface area contributed by atoms with E-state index in [2.05, 4.69) is 25.7 Å². The van der Waals surface area contributed by atoms with Crippen LogP contribution >= 0.6 is 0 Å². The lowest BCUT2D eigenvalue weighted by Gasteiger charge is -2.17. The average molecular weight is 435 g/mol. The van der Waals surface area contributed by atoms with E-state index in [0.29, 0.717) is 37.1 Å². The monoisotopic (exact) mass is 435 g/mol. The van der Waals surface area contributed by atoms with Crippen LogP contribution in [0.25, 0.3) is 5.82 Å². The molecule has 1 aromatic carbocycles. The average Bonchev–Trinajstić information content (AvgIpc) is 3.46. The predicted molar refractivity (Wildman–Crippen MR) is 119 cm³/mol. The number of aryl methyl sites for hydroxylation is 1. The molecular weight excluding hydrogens is 410 g/mol. The minimum atomic E-state index is -0.377. The Morgan fingerprint density at radius 3 is 2.75 bits per heavy atom. The number of anilines is 2. The highest BCUT2D eigenvalue weighted by molar-refractivity contribution is 6.00. The van der Waals surface area contributed by atoms with Gasteiger partial charge in [-0.05, 0) is 37.3 Å². The van der Waals surface area contributed by atoms with Gasteiger partial charge in [0.2, 0.25) is 11.8 Å². The van der Waals surface area contributed by atoms with Gasteiger partial charge in [0.25, 0.3) is 0 Å². The first-order chi connectivity index (χ1) is 15.5. The van der Waals surface area contributed by atoms with Crippen molar-refractivity contribution in [2.24, 2.45) is 5.92 Å². The van der Waals surface area contributed by atoms with Gasteiger partial charge in [0.05, 0.1) is 13.0 Å². The van der Waals surface area contributed by atoms with Crippen molar-refractivity contribution in [1.29, 1.82) is 0 Å².